The minimum absolute atomic E-state index is 0.105. The number of fused-ring (bicyclic) bond motifs is 1. The second-order valence-electron chi connectivity index (χ2n) is 4.91. The van der Waals surface area contributed by atoms with E-state index in [4.69, 9.17) is 11.6 Å². The lowest BCUT2D eigenvalue weighted by Crippen LogP contribution is -2.24. The van der Waals surface area contributed by atoms with E-state index in [0.29, 0.717) is 10.2 Å². The molecule has 0 fully saturated rings. The topological polar surface area (TPSA) is 76.9 Å². The molecule has 122 valence electrons. The minimum Gasteiger partial charge on any atom is -0.312 e. The molecule has 0 unspecified atom stereocenters. The normalized spacial score (nSPS) is 12.1. The molecule has 0 aliphatic carbocycles. The molecule has 0 aliphatic heterocycles. The van der Waals surface area contributed by atoms with Gasteiger partial charge in [0.25, 0.3) is 10.0 Å². The van der Waals surface area contributed by atoms with Crippen LogP contribution >= 0.6 is 22.9 Å². The molecule has 0 amide bonds. The number of nitrogens with zero attached hydrogens (tertiary/aromatic N) is 3. The molecule has 0 saturated carbocycles. The van der Waals surface area contributed by atoms with E-state index in [1.165, 1.54) is 6.07 Å². The largest absolute Gasteiger partial charge is 0.312 e. The van der Waals surface area contributed by atoms with Crippen LogP contribution in [0.25, 0.3) is 11.2 Å². The summed E-state index contributed by atoms with van der Waals surface area (Å²) in [6.07, 6.45) is 2.61. The van der Waals surface area contributed by atoms with E-state index in [2.05, 4.69) is 21.6 Å². The van der Waals surface area contributed by atoms with Gasteiger partial charge in [-0.15, -0.1) is 11.3 Å². The first kappa shape index (κ1) is 16.4. The Balaban J connectivity index is 1.88. The van der Waals surface area contributed by atoms with E-state index >= 15 is 0 Å². The van der Waals surface area contributed by atoms with Gasteiger partial charge in [0, 0.05) is 12.7 Å². The maximum Gasteiger partial charge on any atom is 0.250 e. The zero-order chi connectivity index (χ0) is 16.4. The summed E-state index contributed by atoms with van der Waals surface area (Å²) < 4.78 is 29.7. The highest BCUT2D eigenvalue weighted by atomic mass is 35.5. The zero-order valence-corrected chi connectivity index (χ0v) is 14.7. The van der Waals surface area contributed by atoms with Gasteiger partial charge in [0.1, 0.15) is 15.6 Å². The number of hydrogen-bond acceptors (Lipinski definition) is 5. The summed E-state index contributed by atoms with van der Waals surface area (Å²) in [5, 5.41) is 0. The van der Waals surface area contributed by atoms with Crippen molar-refractivity contribution in [2.45, 2.75) is 30.6 Å². The summed E-state index contributed by atoms with van der Waals surface area (Å²) in [6, 6.07) is 6.74. The van der Waals surface area contributed by atoms with Crippen molar-refractivity contribution in [3.63, 3.8) is 0 Å². The number of aromatic nitrogens is 3. The Morgan fingerprint density at radius 1 is 1.35 bits per heavy atom. The van der Waals surface area contributed by atoms with Crippen LogP contribution in [0.1, 0.15) is 19.2 Å². The highest BCUT2D eigenvalue weighted by Crippen LogP contribution is 2.25. The van der Waals surface area contributed by atoms with Crippen molar-refractivity contribution in [1.29, 1.82) is 0 Å². The predicted molar refractivity (Wildman–Crippen MR) is 91.2 cm³/mol. The van der Waals surface area contributed by atoms with Gasteiger partial charge in [-0.3, -0.25) is 0 Å². The van der Waals surface area contributed by atoms with Gasteiger partial charge in [-0.05, 0) is 30.7 Å². The monoisotopic (exact) mass is 370 g/mol. The summed E-state index contributed by atoms with van der Waals surface area (Å²) in [7, 11) is -3.60. The molecule has 1 N–H and O–H groups in total. The molecular weight excluding hydrogens is 356 g/mol. The molecule has 3 aromatic rings. The van der Waals surface area contributed by atoms with Gasteiger partial charge < -0.3 is 4.57 Å². The molecule has 3 aromatic heterocycles. The van der Waals surface area contributed by atoms with Crippen LogP contribution in [0.3, 0.4) is 0 Å². The van der Waals surface area contributed by atoms with E-state index in [-0.39, 0.29) is 10.8 Å². The minimum atomic E-state index is -3.60. The molecule has 0 aliphatic rings. The second-order valence-corrected chi connectivity index (χ2v) is 8.62. The first-order valence-electron chi connectivity index (χ1n) is 7.06. The number of aryl methyl sites for hydroxylation is 1. The molecule has 0 aromatic carbocycles. The summed E-state index contributed by atoms with van der Waals surface area (Å²) in [5.74, 6) is 0.645. The van der Waals surface area contributed by atoms with E-state index in [0.717, 1.165) is 35.5 Å². The molecule has 0 spiro atoms. The van der Waals surface area contributed by atoms with Crippen LogP contribution in [0.4, 0.5) is 0 Å². The van der Waals surface area contributed by atoms with Crippen molar-refractivity contribution in [3.8, 4) is 0 Å². The molecule has 0 bridgehead atoms. The molecular formula is C14H15ClN4O2S2. The van der Waals surface area contributed by atoms with Crippen molar-refractivity contribution < 1.29 is 8.42 Å². The number of hydrogen-bond donors (Lipinski definition) is 1. The lowest BCUT2D eigenvalue weighted by molar-refractivity contribution is 0.575. The van der Waals surface area contributed by atoms with Gasteiger partial charge in [-0.1, -0.05) is 18.5 Å². The molecule has 23 heavy (non-hydrogen) atoms. The first-order valence-corrected chi connectivity index (χ1v) is 9.74. The summed E-state index contributed by atoms with van der Waals surface area (Å²) in [4.78, 5) is 8.82. The van der Waals surface area contributed by atoms with Crippen LogP contribution in [-0.2, 0) is 23.1 Å². The third kappa shape index (κ3) is 3.40. The Hall–Kier alpha value is -1.48. The molecule has 0 radical (unpaired) electrons. The highest BCUT2D eigenvalue weighted by molar-refractivity contribution is 7.91. The fourth-order valence-electron chi connectivity index (χ4n) is 2.27. The average Bonchev–Trinajstić information content (AvgIpc) is 3.11. The van der Waals surface area contributed by atoms with E-state index in [1.54, 1.807) is 12.3 Å². The van der Waals surface area contributed by atoms with Gasteiger partial charge in [0.2, 0.25) is 0 Å². The highest BCUT2D eigenvalue weighted by Gasteiger charge is 2.18. The zero-order valence-electron chi connectivity index (χ0n) is 12.4. The van der Waals surface area contributed by atoms with Gasteiger partial charge in [-0.2, -0.15) is 0 Å². The number of nitrogens with one attached hydrogen (secondary N) is 1. The number of pyridine rings is 1. The standard InChI is InChI=1S/C14H15ClN4O2S2/c1-2-8-19-12(18-10-4-3-7-16-14(10)19)9-17-23(20,21)13-6-5-11(15)22-13/h3-7,17H,2,8-9H2,1H3. The maximum absolute atomic E-state index is 12.3. The van der Waals surface area contributed by atoms with Crippen molar-refractivity contribution in [2.75, 3.05) is 0 Å². The van der Waals surface area contributed by atoms with Gasteiger partial charge in [-0.25, -0.2) is 23.1 Å². The lowest BCUT2D eigenvalue weighted by Gasteiger charge is -2.08. The van der Waals surface area contributed by atoms with Crippen molar-refractivity contribution in [2.24, 2.45) is 0 Å². The SMILES string of the molecule is CCCn1c(CNS(=O)(=O)c2ccc(Cl)s2)nc2cccnc21. The van der Waals surface area contributed by atoms with Crippen molar-refractivity contribution in [3.05, 3.63) is 40.6 Å². The molecule has 6 nitrogen and oxygen atoms in total. The molecule has 3 heterocycles. The second kappa shape index (κ2) is 6.56. The Morgan fingerprint density at radius 3 is 2.87 bits per heavy atom. The Bertz CT molecular complexity index is 933. The van der Waals surface area contributed by atoms with Gasteiger partial charge in [0.05, 0.1) is 10.9 Å². The van der Waals surface area contributed by atoms with Crippen LogP contribution in [0.2, 0.25) is 4.34 Å². The third-order valence-electron chi connectivity index (χ3n) is 3.26. The van der Waals surface area contributed by atoms with E-state index < -0.39 is 10.0 Å². The fourth-order valence-corrected chi connectivity index (χ4v) is 4.78. The Morgan fingerprint density at radius 2 is 2.17 bits per heavy atom. The molecule has 0 atom stereocenters. The molecule has 3 rings (SSSR count). The van der Waals surface area contributed by atoms with Crippen molar-refractivity contribution >= 4 is 44.1 Å². The third-order valence-corrected chi connectivity index (χ3v) is 6.39. The Labute approximate surface area is 143 Å². The summed E-state index contributed by atoms with van der Waals surface area (Å²) in [6.45, 7) is 2.89. The fraction of sp³-hybridized carbons (Fsp3) is 0.286. The summed E-state index contributed by atoms with van der Waals surface area (Å²) >= 11 is 6.83. The number of halogens is 1. The number of rotatable bonds is 6. The van der Waals surface area contributed by atoms with Crippen LogP contribution in [0.5, 0.6) is 0 Å². The van der Waals surface area contributed by atoms with Crippen molar-refractivity contribution in [1.82, 2.24) is 19.3 Å². The van der Waals surface area contributed by atoms with Gasteiger partial charge >= 0.3 is 0 Å². The van der Waals surface area contributed by atoms with Crippen LogP contribution in [0, 0.1) is 0 Å². The summed E-state index contributed by atoms with van der Waals surface area (Å²) in [5.41, 5.74) is 1.53. The predicted octanol–water partition coefficient (Wildman–Crippen LogP) is 3.03. The lowest BCUT2D eigenvalue weighted by atomic mass is 10.4. The number of thiophene rings is 1. The van der Waals surface area contributed by atoms with Gasteiger partial charge in [0.15, 0.2) is 5.65 Å². The van der Waals surface area contributed by atoms with E-state index in [9.17, 15) is 8.42 Å². The van der Waals surface area contributed by atoms with E-state index in [1.807, 2.05) is 16.7 Å². The van der Waals surface area contributed by atoms with Crippen LogP contribution in [-0.4, -0.2) is 23.0 Å². The quantitative estimate of drug-likeness (QED) is 0.723. The molecule has 0 saturated heterocycles. The maximum atomic E-state index is 12.3. The number of sulfonamides is 1. The number of imidazole rings is 1. The average molecular weight is 371 g/mol. The van der Waals surface area contributed by atoms with Crippen LogP contribution < -0.4 is 4.72 Å². The Kier molecular flexibility index (Phi) is 4.67. The van der Waals surface area contributed by atoms with Crippen LogP contribution in [0.15, 0.2) is 34.7 Å². The smallest absolute Gasteiger partial charge is 0.250 e. The molecule has 9 heteroatoms. The first-order chi connectivity index (χ1) is 11.0.